The fraction of sp³-hybridized carbons (Fsp3) is 0.333. The number of aromatic nitrogens is 1. The molecule has 2 aromatic rings. The molecule has 0 aliphatic carbocycles. The van der Waals surface area contributed by atoms with Gasteiger partial charge < -0.3 is 20.1 Å². The smallest absolute Gasteiger partial charge is 0.406 e. The van der Waals surface area contributed by atoms with Crippen LogP contribution in [0.15, 0.2) is 41.0 Å². The molecule has 0 amide bonds. The lowest BCUT2D eigenvalue weighted by molar-refractivity contribution is -0.274. The number of pyridine rings is 1. The average Bonchev–Trinajstić information content (AvgIpc) is 2.64. The van der Waals surface area contributed by atoms with Crippen LogP contribution >= 0.6 is 15.9 Å². The highest BCUT2D eigenvalue weighted by molar-refractivity contribution is 9.10. The molecule has 152 valence electrons. The topological polar surface area (TPSA) is 74.7 Å². The maximum Gasteiger partial charge on any atom is 0.573 e. The van der Waals surface area contributed by atoms with Crippen molar-refractivity contribution >= 4 is 33.2 Å². The number of nitrogens with one attached hydrogen (secondary N) is 1. The summed E-state index contributed by atoms with van der Waals surface area (Å²) >= 11 is 3.39. The van der Waals surface area contributed by atoms with Crippen molar-refractivity contribution in [3.63, 3.8) is 0 Å². The summed E-state index contributed by atoms with van der Waals surface area (Å²) in [4.78, 5) is 18.5. The fourth-order valence-electron chi connectivity index (χ4n) is 2.41. The Balaban J connectivity index is 1.98. The Hall–Kier alpha value is -2.33. The van der Waals surface area contributed by atoms with E-state index < -0.39 is 6.36 Å². The van der Waals surface area contributed by atoms with Crippen LogP contribution in [-0.2, 0) is 0 Å². The quantitative estimate of drug-likeness (QED) is 0.552. The maximum absolute atomic E-state index is 12.4. The highest BCUT2D eigenvalue weighted by Crippen LogP contribution is 2.25. The van der Waals surface area contributed by atoms with Gasteiger partial charge in [-0.2, -0.15) is 0 Å². The number of halogens is 4. The van der Waals surface area contributed by atoms with E-state index in [2.05, 4.69) is 31.0 Å². The predicted octanol–water partition coefficient (Wildman–Crippen LogP) is 3.86. The van der Waals surface area contributed by atoms with E-state index in [4.69, 9.17) is 5.11 Å². The SMILES string of the molecule is CCN(CCO)c1ncc(C(=O)CNc2ccc(OC(F)(F)F)cc2)cc1Br. The second-order valence-corrected chi connectivity index (χ2v) is 6.54. The number of Topliss-reactive ketones (excluding diaryl/α,β-unsaturated/α-hetero) is 1. The molecule has 0 aliphatic rings. The number of nitrogens with zero attached hydrogens (tertiary/aromatic N) is 2. The lowest BCUT2D eigenvalue weighted by Gasteiger charge is -2.22. The van der Waals surface area contributed by atoms with Gasteiger partial charge in [-0.3, -0.25) is 4.79 Å². The first-order chi connectivity index (χ1) is 13.2. The van der Waals surface area contributed by atoms with E-state index >= 15 is 0 Å². The summed E-state index contributed by atoms with van der Waals surface area (Å²) in [7, 11) is 0. The van der Waals surface area contributed by atoms with Crippen molar-refractivity contribution in [1.82, 2.24) is 4.98 Å². The van der Waals surface area contributed by atoms with Crippen molar-refractivity contribution in [2.75, 3.05) is 36.5 Å². The number of likely N-dealkylation sites (N-methyl/N-ethyl adjacent to an activating group) is 1. The van der Waals surface area contributed by atoms with Crippen molar-refractivity contribution in [2.45, 2.75) is 13.3 Å². The molecule has 2 rings (SSSR count). The number of hydrogen-bond acceptors (Lipinski definition) is 6. The third kappa shape index (κ3) is 6.38. The molecular formula is C18H19BrF3N3O3. The van der Waals surface area contributed by atoms with Crippen molar-refractivity contribution in [2.24, 2.45) is 0 Å². The van der Waals surface area contributed by atoms with Crippen LogP contribution in [-0.4, -0.2) is 48.5 Å². The largest absolute Gasteiger partial charge is 0.573 e. The van der Waals surface area contributed by atoms with E-state index in [9.17, 15) is 18.0 Å². The van der Waals surface area contributed by atoms with Crippen LogP contribution in [0.1, 0.15) is 17.3 Å². The van der Waals surface area contributed by atoms with Crippen molar-refractivity contribution < 1.29 is 27.8 Å². The van der Waals surface area contributed by atoms with Crippen LogP contribution in [0.2, 0.25) is 0 Å². The van der Waals surface area contributed by atoms with E-state index in [1.54, 1.807) is 6.07 Å². The van der Waals surface area contributed by atoms with Crippen molar-refractivity contribution in [1.29, 1.82) is 0 Å². The van der Waals surface area contributed by atoms with Crippen LogP contribution in [0.3, 0.4) is 0 Å². The van der Waals surface area contributed by atoms with E-state index in [1.807, 2.05) is 11.8 Å². The summed E-state index contributed by atoms with van der Waals surface area (Å²) in [6.45, 7) is 2.93. The molecular weight excluding hydrogens is 443 g/mol. The predicted molar refractivity (Wildman–Crippen MR) is 103 cm³/mol. The normalized spacial score (nSPS) is 11.2. The number of carbonyl (C=O) groups is 1. The van der Waals surface area contributed by atoms with E-state index in [0.29, 0.717) is 34.6 Å². The third-order valence-corrected chi connectivity index (χ3v) is 4.32. The molecule has 0 fully saturated rings. The van der Waals surface area contributed by atoms with Gasteiger partial charge in [-0.15, -0.1) is 13.2 Å². The molecule has 0 saturated heterocycles. The minimum atomic E-state index is -4.75. The summed E-state index contributed by atoms with van der Waals surface area (Å²) < 4.78 is 40.9. The van der Waals surface area contributed by atoms with Crippen LogP contribution < -0.4 is 15.0 Å². The molecule has 0 atom stereocenters. The van der Waals surface area contributed by atoms with Gasteiger partial charge in [0, 0.05) is 30.5 Å². The zero-order valence-electron chi connectivity index (χ0n) is 15.0. The first-order valence-electron chi connectivity index (χ1n) is 8.37. The monoisotopic (exact) mass is 461 g/mol. The molecule has 1 aromatic heterocycles. The number of rotatable bonds is 9. The van der Waals surface area contributed by atoms with Crippen LogP contribution in [0.5, 0.6) is 5.75 Å². The number of aliphatic hydroxyl groups is 1. The zero-order chi connectivity index (χ0) is 20.7. The molecule has 0 saturated carbocycles. The Morgan fingerprint density at radius 2 is 2.00 bits per heavy atom. The van der Waals surface area contributed by atoms with Gasteiger partial charge in [0.2, 0.25) is 0 Å². The lowest BCUT2D eigenvalue weighted by Crippen LogP contribution is -2.27. The number of hydrogen-bond donors (Lipinski definition) is 2. The van der Waals surface area contributed by atoms with Gasteiger partial charge in [0.1, 0.15) is 11.6 Å². The van der Waals surface area contributed by atoms with Gasteiger partial charge in [-0.1, -0.05) is 0 Å². The van der Waals surface area contributed by atoms with Crippen molar-refractivity contribution in [3.05, 3.63) is 46.6 Å². The molecule has 6 nitrogen and oxygen atoms in total. The van der Waals surface area contributed by atoms with Gasteiger partial charge in [0.25, 0.3) is 0 Å². The number of aliphatic hydroxyl groups excluding tert-OH is 1. The molecule has 28 heavy (non-hydrogen) atoms. The number of carbonyl (C=O) groups excluding carboxylic acids is 1. The second-order valence-electron chi connectivity index (χ2n) is 5.68. The lowest BCUT2D eigenvalue weighted by atomic mass is 10.2. The van der Waals surface area contributed by atoms with Crippen molar-refractivity contribution in [3.8, 4) is 5.75 Å². The van der Waals surface area contributed by atoms with Gasteiger partial charge >= 0.3 is 6.36 Å². The molecule has 1 heterocycles. The van der Waals surface area contributed by atoms with E-state index in [1.165, 1.54) is 18.3 Å². The fourth-order valence-corrected chi connectivity index (χ4v) is 3.01. The average molecular weight is 462 g/mol. The maximum atomic E-state index is 12.4. The molecule has 0 bridgehead atoms. The minimum Gasteiger partial charge on any atom is -0.406 e. The second kappa shape index (κ2) is 9.74. The number of ketones is 1. The first-order valence-corrected chi connectivity index (χ1v) is 9.17. The summed E-state index contributed by atoms with van der Waals surface area (Å²) in [5.41, 5.74) is 0.854. The van der Waals surface area contributed by atoms with Crippen LogP contribution in [0.25, 0.3) is 0 Å². The molecule has 0 unspecified atom stereocenters. The first kappa shape index (κ1) is 22.0. The highest BCUT2D eigenvalue weighted by Gasteiger charge is 2.30. The van der Waals surface area contributed by atoms with Gasteiger partial charge in [0.05, 0.1) is 17.6 Å². The van der Waals surface area contributed by atoms with E-state index in [0.717, 1.165) is 12.1 Å². The molecule has 1 aromatic carbocycles. The zero-order valence-corrected chi connectivity index (χ0v) is 16.5. The number of anilines is 2. The summed E-state index contributed by atoms with van der Waals surface area (Å²) in [6, 6.07) is 6.74. The molecule has 0 spiro atoms. The number of alkyl halides is 3. The Morgan fingerprint density at radius 1 is 1.32 bits per heavy atom. The molecule has 10 heteroatoms. The van der Waals surface area contributed by atoms with Gasteiger partial charge in [0.15, 0.2) is 5.78 Å². The minimum absolute atomic E-state index is 0.0145. The number of ether oxygens (including phenoxy) is 1. The molecule has 2 N–H and O–H groups in total. The number of benzene rings is 1. The van der Waals surface area contributed by atoms with Gasteiger partial charge in [-0.05, 0) is 53.2 Å². The van der Waals surface area contributed by atoms with Crippen LogP contribution in [0.4, 0.5) is 24.7 Å². The Bertz CT molecular complexity index is 801. The molecule has 0 aliphatic heterocycles. The van der Waals surface area contributed by atoms with Gasteiger partial charge in [-0.25, -0.2) is 4.98 Å². The Morgan fingerprint density at radius 3 is 2.54 bits per heavy atom. The Kier molecular flexibility index (Phi) is 7.64. The van der Waals surface area contributed by atoms with E-state index in [-0.39, 0.29) is 24.7 Å². The molecule has 0 radical (unpaired) electrons. The third-order valence-electron chi connectivity index (χ3n) is 3.74. The standard InChI is InChI=1S/C18H19BrF3N3O3/c1-2-25(7-8-26)17-15(19)9-12(10-24-17)16(27)11-23-13-3-5-14(6-4-13)28-18(20,21)22/h3-6,9-10,23,26H,2,7-8,11H2,1H3. The Labute approximate surface area is 168 Å². The summed E-state index contributed by atoms with van der Waals surface area (Å²) in [6.07, 6.45) is -3.30. The summed E-state index contributed by atoms with van der Waals surface area (Å²) in [5.74, 6) is 0.0540. The van der Waals surface area contributed by atoms with Crippen LogP contribution in [0, 0.1) is 0 Å². The summed E-state index contributed by atoms with van der Waals surface area (Å²) in [5, 5.41) is 12.0. The highest BCUT2D eigenvalue weighted by atomic mass is 79.9.